The molecule has 1 atom stereocenters. The standard InChI is InChI=1S/C15H18N2O2/c1-10-9-17-13(11(2)15(10)19-3)8-14(18)12-4-6-16-7-5-12/h4-7,9,14,18H,8H2,1-3H3. The lowest BCUT2D eigenvalue weighted by Crippen LogP contribution is -2.07. The Hall–Kier alpha value is -1.94. The van der Waals surface area contributed by atoms with Gasteiger partial charge >= 0.3 is 0 Å². The number of ether oxygens (including phenoxy) is 1. The topological polar surface area (TPSA) is 55.2 Å². The van der Waals surface area contributed by atoms with Crippen molar-refractivity contribution in [1.29, 1.82) is 0 Å². The maximum absolute atomic E-state index is 10.2. The van der Waals surface area contributed by atoms with Crippen LogP contribution in [-0.2, 0) is 6.42 Å². The van der Waals surface area contributed by atoms with E-state index in [0.717, 1.165) is 28.1 Å². The van der Waals surface area contributed by atoms with E-state index in [1.54, 1.807) is 25.7 Å². The summed E-state index contributed by atoms with van der Waals surface area (Å²) >= 11 is 0. The summed E-state index contributed by atoms with van der Waals surface area (Å²) in [5.74, 6) is 0.840. The molecule has 0 aromatic carbocycles. The molecule has 4 nitrogen and oxygen atoms in total. The molecular weight excluding hydrogens is 240 g/mol. The molecule has 2 aromatic rings. The Morgan fingerprint density at radius 1 is 1.26 bits per heavy atom. The van der Waals surface area contributed by atoms with Gasteiger partial charge in [-0.05, 0) is 31.5 Å². The number of aliphatic hydroxyl groups excluding tert-OH is 1. The van der Waals surface area contributed by atoms with Gasteiger partial charge in [0.05, 0.1) is 13.2 Å². The van der Waals surface area contributed by atoms with Crippen molar-refractivity contribution in [2.75, 3.05) is 7.11 Å². The third-order valence-electron chi connectivity index (χ3n) is 3.23. The van der Waals surface area contributed by atoms with Crippen LogP contribution in [-0.4, -0.2) is 22.2 Å². The van der Waals surface area contributed by atoms with E-state index in [0.29, 0.717) is 6.42 Å². The number of pyridine rings is 2. The first-order chi connectivity index (χ1) is 9.13. The Bertz CT molecular complexity index is 556. The van der Waals surface area contributed by atoms with Crippen molar-refractivity contribution in [3.63, 3.8) is 0 Å². The zero-order chi connectivity index (χ0) is 13.8. The van der Waals surface area contributed by atoms with Crippen LogP contribution in [0.1, 0.15) is 28.5 Å². The van der Waals surface area contributed by atoms with Gasteiger partial charge in [0.2, 0.25) is 0 Å². The van der Waals surface area contributed by atoms with Crippen molar-refractivity contribution in [2.24, 2.45) is 0 Å². The zero-order valence-corrected chi connectivity index (χ0v) is 11.4. The monoisotopic (exact) mass is 258 g/mol. The molecule has 0 bridgehead atoms. The molecule has 0 aliphatic rings. The fraction of sp³-hybridized carbons (Fsp3) is 0.333. The summed E-state index contributed by atoms with van der Waals surface area (Å²) in [4.78, 5) is 8.34. The minimum absolute atomic E-state index is 0.465. The number of aromatic nitrogens is 2. The quantitative estimate of drug-likeness (QED) is 0.914. The first-order valence-corrected chi connectivity index (χ1v) is 6.20. The SMILES string of the molecule is COc1c(C)cnc(CC(O)c2ccncc2)c1C. The van der Waals surface area contributed by atoms with Gasteiger partial charge < -0.3 is 9.84 Å². The lowest BCUT2D eigenvalue weighted by molar-refractivity contribution is 0.176. The van der Waals surface area contributed by atoms with E-state index in [1.807, 2.05) is 26.0 Å². The Morgan fingerprint density at radius 3 is 2.58 bits per heavy atom. The van der Waals surface area contributed by atoms with Gasteiger partial charge in [0.25, 0.3) is 0 Å². The first-order valence-electron chi connectivity index (χ1n) is 6.20. The van der Waals surface area contributed by atoms with E-state index in [-0.39, 0.29) is 0 Å². The van der Waals surface area contributed by atoms with E-state index in [2.05, 4.69) is 9.97 Å². The minimum atomic E-state index is -0.582. The van der Waals surface area contributed by atoms with Gasteiger partial charge in [-0.15, -0.1) is 0 Å². The molecule has 19 heavy (non-hydrogen) atoms. The number of nitrogens with zero attached hydrogens (tertiary/aromatic N) is 2. The van der Waals surface area contributed by atoms with E-state index in [9.17, 15) is 5.11 Å². The van der Waals surface area contributed by atoms with E-state index < -0.39 is 6.10 Å². The summed E-state index contributed by atoms with van der Waals surface area (Å²) < 4.78 is 5.37. The van der Waals surface area contributed by atoms with Crippen molar-refractivity contribution < 1.29 is 9.84 Å². The van der Waals surface area contributed by atoms with Crippen molar-refractivity contribution >= 4 is 0 Å². The van der Waals surface area contributed by atoms with Gasteiger partial charge in [-0.1, -0.05) is 0 Å². The van der Waals surface area contributed by atoms with E-state index in [1.165, 1.54) is 0 Å². The third-order valence-corrected chi connectivity index (χ3v) is 3.23. The predicted octanol–water partition coefficient (Wildman–Crippen LogP) is 2.38. The summed E-state index contributed by atoms with van der Waals surface area (Å²) in [5, 5.41) is 10.2. The Balaban J connectivity index is 2.25. The fourth-order valence-corrected chi connectivity index (χ4v) is 2.16. The molecular formula is C15H18N2O2. The maximum atomic E-state index is 10.2. The van der Waals surface area contributed by atoms with Crippen LogP contribution in [0.25, 0.3) is 0 Å². The summed E-state index contributed by atoms with van der Waals surface area (Å²) in [5.41, 5.74) is 3.68. The van der Waals surface area contributed by atoms with Crippen LogP contribution in [0.3, 0.4) is 0 Å². The molecule has 0 fully saturated rings. The zero-order valence-electron chi connectivity index (χ0n) is 11.4. The number of aryl methyl sites for hydroxylation is 1. The summed E-state index contributed by atoms with van der Waals surface area (Å²) in [6, 6.07) is 3.62. The number of rotatable bonds is 4. The lowest BCUT2D eigenvalue weighted by Gasteiger charge is -2.15. The van der Waals surface area contributed by atoms with Crippen LogP contribution >= 0.6 is 0 Å². The minimum Gasteiger partial charge on any atom is -0.496 e. The van der Waals surface area contributed by atoms with Crippen LogP contribution in [0.5, 0.6) is 5.75 Å². The Kier molecular flexibility index (Phi) is 4.12. The van der Waals surface area contributed by atoms with Crippen LogP contribution < -0.4 is 4.74 Å². The van der Waals surface area contributed by atoms with Crippen molar-refractivity contribution in [2.45, 2.75) is 26.4 Å². The van der Waals surface area contributed by atoms with Gasteiger partial charge in [-0.3, -0.25) is 9.97 Å². The highest BCUT2D eigenvalue weighted by Gasteiger charge is 2.14. The highest BCUT2D eigenvalue weighted by atomic mass is 16.5. The average molecular weight is 258 g/mol. The van der Waals surface area contributed by atoms with E-state index in [4.69, 9.17) is 4.74 Å². The van der Waals surface area contributed by atoms with Gasteiger partial charge in [-0.25, -0.2) is 0 Å². The highest BCUT2D eigenvalue weighted by Crippen LogP contribution is 2.27. The predicted molar refractivity (Wildman–Crippen MR) is 73.2 cm³/mol. The normalized spacial score (nSPS) is 12.2. The fourth-order valence-electron chi connectivity index (χ4n) is 2.16. The molecule has 2 rings (SSSR count). The second kappa shape index (κ2) is 5.80. The van der Waals surface area contributed by atoms with Crippen molar-refractivity contribution in [3.8, 4) is 5.75 Å². The maximum Gasteiger partial charge on any atom is 0.128 e. The van der Waals surface area contributed by atoms with Gasteiger partial charge in [0.1, 0.15) is 5.75 Å². The first kappa shape index (κ1) is 13.5. The molecule has 2 aromatic heterocycles. The second-order valence-corrected chi connectivity index (χ2v) is 4.55. The van der Waals surface area contributed by atoms with Crippen LogP contribution in [0.15, 0.2) is 30.7 Å². The molecule has 0 saturated heterocycles. The molecule has 0 amide bonds. The summed E-state index contributed by atoms with van der Waals surface area (Å²) in [7, 11) is 1.65. The molecule has 0 spiro atoms. The molecule has 1 unspecified atom stereocenters. The second-order valence-electron chi connectivity index (χ2n) is 4.55. The Labute approximate surface area is 113 Å². The van der Waals surface area contributed by atoms with E-state index >= 15 is 0 Å². The molecule has 2 heterocycles. The number of aliphatic hydroxyl groups is 1. The largest absolute Gasteiger partial charge is 0.496 e. The number of methoxy groups -OCH3 is 1. The van der Waals surface area contributed by atoms with Gasteiger partial charge in [0.15, 0.2) is 0 Å². The summed E-state index contributed by atoms with van der Waals surface area (Å²) in [6.45, 7) is 3.93. The summed E-state index contributed by atoms with van der Waals surface area (Å²) in [6.07, 6.45) is 5.01. The van der Waals surface area contributed by atoms with Crippen LogP contribution in [0, 0.1) is 13.8 Å². The number of hydrogen-bond donors (Lipinski definition) is 1. The van der Waals surface area contributed by atoms with Crippen LogP contribution in [0.4, 0.5) is 0 Å². The van der Waals surface area contributed by atoms with Gasteiger partial charge in [0, 0.05) is 41.8 Å². The third kappa shape index (κ3) is 2.90. The lowest BCUT2D eigenvalue weighted by atomic mass is 10.0. The van der Waals surface area contributed by atoms with Crippen molar-refractivity contribution in [1.82, 2.24) is 9.97 Å². The smallest absolute Gasteiger partial charge is 0.128 e. The van der Waals surface area contributed by atoms with Gasteiger partial charge in [-0.2, -0.15) is 0 Å². The molecule has 4 heteroatoms. The molecule has 0 aliphatic heterocycles. The molecule has 1 N–H and O–H groups in total. The molecule has 0 aliphatic carbocycles. The molecule has 0 saturated carbocycles. The molecule has 0 radical (unpaired) electrons. The van der Waals surface area contributed by atoms with Crippen LogP contribution in [0.2, 0.25) is 0 Å². The average Bonchev–Trinajstić information content (AvgIpc) is 2.43. The van der Waals surface area contributed by atoms with Crippen molar-refractivity contribution in [3.05, 3.63) is 53.1 Å². The number of hydrogen-bond acceptors (Lipinski definition) is 4. The highest BCUT2D eigenvalue weighted by molar-refractivity contribution is 5.41. The molecule has 100 valence electrons. The Morgan fingerprint density at radius 2 is 1.95 bits per heavy atom.